The van der Waals surface area contributed by atoms with Crippen LogP contribution in [0.1, 0.15) is 54.6 Å². The smallest absolute Gasteiger partial charge is 0.255 e. The molecule has 2 aliphatic rings. The fraction of sp³-hybridized carbons (Fsp3) is 0.417. The van der Waals surface area contributed by atoms with E-state index in [1.165, 1.54) is 13.3 Å². The predicted octanol–water partition coefficient (Wildman–Crippen LogP) is 2.63. The van der Waals surface area contributed by atoms with Crippen LogP contribution in [0.5, 0.6) is 0 Å². The highest BCUT2D eigenvalue weighted by Gasteiger charge is 2.45. The molecule has 8 heteroatoms. The van der Waals surface area contributed by atoms with Crippen LogP contribution in [0.4, 0.5) is 5.82 Å². The number of amides is 1. The highest BCUT2D eigenvalue weighted by atomic mass is 16.3. The first-order valence-electron chi connectivity index (χ1n) is 11.1. The predicted molar refractivity (Wildman–Crippen MR) is 120 cm³/mol. The molecule has 1 N–H and O–H groups in total. The second-order valence-electron chi connectivity index (χ2n) is 8.74. The van der Waals surface area contributed by atoms with Crippen molar-refractivity contribution in [3.05, 3.63) is 59.9 Å². The zero-order valence-electron chi connectivity index (χ0n) is 18.1. The Morgan fingerprint density at radius 1 is 1.06 bits per heavy atom. The summed E-state index contributed by atoms with van der Waals surface area (Å²) in [6.07, 6.45) is 3.99. The van der Waals surface area contributed by atoms with Crippen LogP contribution in [0.2, 0.25) is 0 Å². The zero-order chi connectivity index (χ0) is 22.3. The van der Waals surface area contributed by atoms with Gasteiger partial charge < -0.3 is 14.9 Å². The molecule has 1 aromatic carbocycles. The maximum atomic E-state index is 13.4. The number of nitrogens with zero attached hydrogens (tertiary/aromatic N) is 5. The monoisotopic (exact) mass is 433 g/mol. The van der Waals surface area contributed by atoms with Crippen molar-refractivity contribution >= 4 is 23.2 Å². The van der Waals surface area contributed by atoms with Crippen molar-refractivity contribution in [1.29, 1.82) is 0 Å². The Bertz CT molecular complexity index is 1150. The van der Waals surface area contributed by atoms with E-state index in [1.807, 2.05) is 29.2 Å². The molecule has 166 valence electrons. The molecule has 2 aromatic heterocycles. The second kappa shape index (κ2) is 8.02. The molecule has 0 spiro atoms. The van der Waals surface area contributed by atoms with E-state index in [0.717, 1.165) is 24.2 Å². The van der Waals surface area contributed by atoms with Gasteiger partial charge in [-0.2, -0.15) is 9.61 Å². The number of hydrogen-bond acceptors (Lipinski definition) is 6. The largest absolute Gasteiger partial charge is 0.380 e. The summed E-state index contributed by atoms with van der Waals surface area (Å²) in [5.74, 6) is 0.577. The van der Waals surface area contributed by atoms with Crippen molar-refractivity contribution in [2.45, 2.75) is 44.2 Å². The maximum Gasteiger partial charge on any atom is 0.255 e. The van der Waals surface area contributed by atoms with Crippen LogP contribution in [0.3, 0.4) is 0 Å². The van der Waals surface area contributed by atoms with E-state index in [4.69, 9.17) is 0 Å². The molecule has 1 amide bonds. The molecule has 0 saturated carbocycles. The standard InChI is InChI=1S/C24H27N5O3/c1-17(30)19-9-10-21(29-22(19)25-16-26-29)27-14-11-24(32,12-15-27)23(31)28-13-5-8-20(28)18-6-3-2-4-7-18/h2-4,6-7,9-10,16,20,32H,5,8,11-15H2,1H3. The van der Waals surface area contributed by atoms with Gasteiger partial charge in [0.25, 0.3) is 5.91 Å². The molecule has 0 aliphatic carbocycles. The Labute approximate surface area is 186 Å². The summed E-state index contributed by atoms with van der Waals surface area (Å²) in [4.78, 5) is 33.5. The van der Waals surface area contributed by atoms with Crippen LogP contribution < -0.4 is 4.90 Å². The third-order valence-corrected chi connectivity index (χ3v) is 6.79. The summed E-state index contributed by atoms with van der Waals surface area (Å²) in [6.45, 7) is 3.22. The summed E-state index contributed by atoms with van der Waals surface area (Å²) in [5, 5.41) is 15.6. The molecule has 32 heavy (non-hydrogen) atoms. The van der Waals surface area contributed by atoms with Crippen molar-refractivity contribution in [3.63, 3.8) is 0 Å². The SMILES string of the molecule is CC(=O)c1ccc(N2CCC(O)(C(=O)N3CCCC3c3ccccc3)CC2)n2ncnc12. The number of aliphatic hydroxyl groups is 1. The number of Topliss-reactive ketones (excluding diaryl/α,β-unsaturated/α-hetero) is 1. The van der Waals surface area contributed by atoms with Gasteiger partial charge in [0, 0.05) is 32.5 Å². The number of fused-ring (bicyclic) bond motifs is 1. The highest BCUT2D eigenvalue weighted by molar-refractivity contribution is 6.00. The van der Waals surface area contributed by atoms with Gasteiger partial charge in [0.2, 0.25) is 0 Å². The van der Waals surface area contributed by atoms with Crippen molar-refractivity contribution in [2.75, 3.05) is 24.5 Å². The molecule has 2 saturated heterocycles. The van der Waals surface area contributed by atoms with Gasteiger partial charge in [-0.1, -0.05) is 30.3 Å². The Hall–Kier alpha value is -3.26. The summed E-state index contributed by atoms with van der Waals surface area (Å²) in [5.41, 5.74) is 0.804. The number of carbonyl (C=O) groups is 2. The molecule has 2 aliphatic heterocycles. The van der Waals surface area contributed by atoms with Gasteiger partial charge in [0.15, 0.2) is 11.4 Å². The molecule has 2 fully saturated rings. The van der Waals surface area contributed by atoms with Crippen LogP contribution in [-0.2, 0) is 4.79 Å². The fourth-order valence-corrected chi connectivity index (χ4v) is 5.03. The molecular weight excluding hydrogens is 406 g/mol. The lowest BCUT2D eigenvalue weighted by molar-refractivity contribution is -0.154. The Morgan fingerprint density at radius 2 is 1.81 bits per heavy atom. The van der Waals surface area contributed by atoms with Crippen molar-refractivity contribution in [3.8, 4) is 0 Å². The van der Waals surface area contributed by atoms with E-state index in [0.29, 0.717) is 43.7 Å². The Morgan fingerprint density at radius 3 is 2.53 bits per heavy atom. The van der Waals surface area contributed by atoms with E-state index in [1.54, 1.807) is 10.6 Å². The molecule has 1 atom stereocenters. The van der Waals surface area contributed by atoms with Gasteiger partial charge in [-0.25, -0.2) is 4.98 Å². The number of anilines is 1. The topological polar surface area (TPSA) is 91.0 Å². The number of carbonyl (C=O) groups excluding carboxylic acids is 2. The minimum absolute atomic E-state index is 0.0275. The number of ketones is 1. The van der Waals surface area contributed by atoms with Crippen LogP contribution >= 0.6 is 0 Å². The Balaban J connectivity index is 1.33. The quantitative estimate of drug-likeness (QED) is 0.636. The van der Waals surface area contributed by atoms with Crippen molar-refractivity contribution < 1.29 is 14.7 Å². The van der Waals surface area contributed by atoms with Crippen molar-refractivity contribution in [2.24, 2.45) is 0 Å². The average molecular weight is 434 g/mol. The molecule has 8 nitrogen and oxygen atoms in total. The van der Waals surface area contributed by atoms with Crippen LogP contribution in [-0.4, -0.2) is 61.5 Å². The maximum absolute atomic E-state index is 13.4. The summed E-state index contributed by atoms with van der Waals surface area (Å²) >= 11 is 0. The normalized spacial score (nSPS) is 20.6. The minimum atomic E-state index is -1.37. The number of aromatic nitrogens is 3. The lowest BCUT2D eigenvalue weighted by Gasteiger charge is -2.41. The number of likely N-dealkylation sites (tertiary alicyclic amines) is 1. The van der Waals surface area contributed by atoms with E-state index in [-0.39, 0.29) is 17.7 Å². The molecule has 0 radical (unpaired) electrons. The lowest BCUT2D eigenvalue weighted by atomic mass is 9.89. The summed E-state index contributed by atoms with van der Waals surface area (Å²) in [6, 6.07) is 13.7. The average Bonchev–Trinajstić information content (AvgIpc) is 3.49. The lowest BCUT2D eigenvalue weighted by Crippen LogP contribution is -2.55. The fourth-order valence-electron chi connectivity index (χ4n) is 5.03. The molecule has 4 heterocycles. The first kappa shape index (κ1) is 20.6. The van der Waals surface area contributed by atoms with Gasteiger partial charge >= 0.3 is 0 Å². The Kier molecular flexibility index (Phi) is 5.17. The van der Waals surface area contributed by atoms with Crippen LogP contribution in [0, 0.1) is 0 Å². The van der Waals surface area contributed by atoms with Crippen molar-refractivity contribution in [1.82, 2.24) is 19.5 Å². The molecule has 3 aromatic rings. The van der Waals surface area contributed by atoms with Gasteiger partial charge in [0.1, 0.15) is 17.7 Å². The number of piperidine rings is 1. The number of benzene rings is 1. The van der Waals surface area contributed by atoms with Crippen LogP contribution in [0.15, 0.2) is 48.8 Å². The summed E-state index contributed by atoms with van der Waals surface area (Å²) in [7, 11) is 0. The third-order valence-electron chi connectivity index (χ3n) is 6.79. The van der Waals surface area contributed by atoms with Gasteiger partial charge in [-0.05, 0) is 37.5 Å². The van der Waals surface area contributed by atoms with E-state index in [2.05, 4.69) is 27.1 Å². The highest BCUT2D eigenvalue weighted by Crippen LogP contribution is 2.36. The molecular formula is C24H27N5O3. The molecule has 5 rings (SSSR count). The van der Waals surface area contributed by atoms with Gasteiger partial charge in [-0.15, -0.1) is 0 Å². The van der Waals surface area contributed by atoms with E-state index >= 15 is 0 Å². The first-order chi connectivity index (χ1) is 15.5. The number of rotatable bonds is 4. The zero-order valence-corrected chi connectivity index (χ0v) is 18.1. The second-order valence-corrected chi connectivity index (χ2v) is 8.74. The van der Waals surface area contributed by atoms with Gasteiger partial charge in [0.05, 0.1) is 11.6 Å². The van der Waals surface area contributed by atoms with Crippen LogP contribution in [0.25, 0.3) is 5.65 Å². The minimum Gasteiger partial charge on any atom is -0.380 e. The first-order valence-corrected chi connectivity index (χ1v) is 11.1. The number of hydrogen-bond donors (Lipinski definition) is 1. The van der Waals surface area contributed by atoms with E-state index in [9.17, 15) is 14.7 Å². The molecule has 1 unspecified atom stereocenters. The van der Waals surface area contributed by atoms with E-state index < -0.39 is 5.60 Å². The third kappa shape index (κ3) is 3.44. The molecule has 0 bridgehead atoms. The number of pyridine rings is 1. The summed E-state index contributed by atoms with van der Waals surface area (Å²) < 4.78 is 1.66. The van der Waals surface area contributed by atoms with Gasteiger partial charge in [-0.3, -0.25) is 9.59 Å².